The zero-order chi connectivity index (χ0) is 17.0. The van der Waals surface area contributed by atoms with Gasteiger partial charge in [-0.15, -0.1) is 0 Å². The van der Waals surface area contributed by atoms with Crippen LogP contribution in [-0.4, -0.2) is 48.5 Å². The van der Waals surface area contributed by atoms with Crippen LogP contribution >= 0.6 is 0 Å². The fraction of sp³-hybridized carbons (Fsp3) is 0.417. The van der Waals surface area contributed by atoms with Crippen LogP contribution in [0.3, 0.4) is 0 Å². The third-order valence-corrected chi connectivity index (χ3v) is 3.66. The molecule has 1 unspecified atom stereocenters. The standard InChI is InChI=1S/C12H17NO7S2/c1-19-12(14)11(13-21(2,15)16)8-9-4-6-10(7-5-9)20-22(3,17)18/h4-7,11,13H,8H2,1-3H3. The van der Waals surface area contributed by atoms with Crippen molar-refractivity contribution in [3.05, 3.63) is 29.8 Å². The van der Waals surface area contributed by atoms with Gasteiger partial charge in [-0.05, 0) is 24.1 Å². The maximum Gasteiger partial charge on any atom is 0.324 e. The van der Waals surface area contributed by atoms with E-state index >= 15 is 0 Å². The molecule has 0 amide bonds. The van der Waals surface area contributed by atoms with Crippen molar-refractivity contribution in [2.75, 3.05) is 19.6 Å². The lowest BCUT2D eigenvalue weighted by Gasteiger charge is -2.15. The van der Waals surface area contributed by atoms with Crippen molar-refractivity contribution in [3.63, 3.8) is 0 Å². The lowest BCUT2D eigenvalue weighted by atomic mass is 10.1. The number of methoxy groups -OCH3 is 1. The van der Waals surface area contributed by atoms with Crippen molar-refractivity contribution < 1.29 is 30.6 Å². The first-order chi connectivity index (χ1) is 10.00. The molecule has 0 saturated carbocycles. The molecule has 0 fully saturated rings. The summed E-state index contributed by atoms with van der Waals surface area (Å²) in [6.07, 6.45) is 1.91. The maximum absolute atomic E-state index is 11.6. The normalized spacial score (nSPS) is 13.4. The van der Waals surface area contributed by atoms with Crippen LogP contribution in [0, 0.1) is 0 Å². The molecule has 124 valence electrons. The second-order valence-corrected chi connectivity index (χ2v) is 7.96. The first kappa shape index (κ1) is 18.4. The Morgan fingerprint density at radius 1 is 1.14 bits per heavy atom. The Bertz CT molecular complexity index is 723. The number of nitrogens with one attached hydrogen (secondary N) is 1. The van der Waals surface area contributed by atoms with Gasteiger partial charge in [0.2, 0.25) is 10.0 Å². The molecule has 1 atom stereocenters. The zero-order valence-electron chi connectivity index (χ0n) is 12.3. The molecule has 0 aliphatic carbocycles. The minimum atomic E-state index is -3.62. The molecule has 10 heteroatoms. The molecule has 0 heterocycles. The van der Waals surface area contributed by atoms with Crippen LogP contribution in [0.1, 0.15) is 5.56 Å². The minimum absolute atomic E-state index is 0.0545. The molecule has 1 aromatic rings. The Morgan fingerprint density at radius 2 is 1.68 bits per heavy atom. The summed E-state index contributed by atoms with van der Waals surface area (Å²) in [7, 11) is -6.05. The Balaban J connectivity index is 2.88. The summed E-state index contributed by atoms with van der Waals surface area (Å²) < 4.78 is 55.9. The van der Waals surface area contributed by atoms with Crippen LogP contribution in [0.2, 0.25) is 0 Å². The van der Waals surface area contributed by atoms with Gasteiger partial charge in [0.1, 0.15) is 11.8 Å². The molecule has 1 N–H and O–H groups in total. The van der Waals surface area contributed by atoms with E-state index in [9.17, 15) is 21.6 Å². The number of benzene rings is 1. The number of rotatable bonds is 7. The topological polar surface area (TPSA) is 116 Å². The number of ether oxygens (including phenoxy) is 1. The second-order valence-electron chi connectivity index (χ2n) is 4.60. The summed E-state index contributed by atoms with van der Waals surface area (Å²) in [5, 5.41) is 0. The molecule has 0 saturated heterocycles. The van der Waals surface area contributed by atoms with Gasteiger partial charge >= 0.3 is 16.1 Å². The quantitative estimate of drug-likeness (QED) is 0.527. The lowest BCUT2D eigenvalue weighted by Crippen LogP contribution is -2.42. The minimum Gasteiger partial charge on any atom is -0.468 e. The number of hydrogen-bond donors (Lipinski definition) is 1. The Morgan fingerprint density at radius 3 is 2.09 bits per heavy atom. The largest absolute Gasteiger partial charge is 0.468 e. The molecule has 1 aromatic carbocycles. The highest BCUT2D eigenvalue weighted by molar-refractivity contribution is 7.88. The van der Waals surface area contributed by atoms with Gasteiger partial charge < -0.3 is 8.92 Å². The van der Waals surface area contributed by atoms with E-state index in [0.717, 1.165) is 19.6 Å². The molecule has 22 heavy (non-hydrogen) atoms. The maximum atomic E-state index is 11.6. The molecule has 0 aromatic heterocycles. The summed E-state index contributed by atoms with van der Waals surface area (Å²) in [5.74, 6) is -0.598. The van der Waals surface area contributed by atoms with Gasteiger partial charge in [0, 0.05) is 0 Å². The van der Waals surface area contributed by atoms with E-state index in [1.807, 2.05) is 0 Å². The van der Waals surface area contributed by atoms with E-state index in [-0.39, 0.29) is 12.2 Å². The SMILES string of the molecule is COC(=O)C(Cc1ccc(OS(C)(=O)=O)cc1)NS(C)(=O)=O. The predicted molar refractivity (Wildman–Crippen MR) is 79.4 cm³/mol. The van der Waals surface area contributed by atoms with Gasteiger partial charge in [0.15, 0.2) is 0 Å². The molecule has 1 rings (SSSR count). The Hall–Kier alpha value is -1.65. The first-order valence-corrected chi connectivity index (χ1v) is 9.74. The molecule has 0 bridgehead atoms. The first-order valence-electron chi connectivity index (χ1n) is 6.04. The molecule has 0 spiro atoms. The van der Waals surface area contributed by atoms with Gasteiger partial charge in [0.05, 0.1) is 19.6 Å². The van der Waals surface area contributed by atoms with Gasteiger partial charge in [-0.2, -0.15) is 8.42 Å². The Labute approximate surface area is 129 Å². The average Bonchev–Trinajstić information content (AvgIpc) is 2.36. The van der Waals surface area contributed by atoms with Crippen LogP contribution in [0.15, 0.2) is 24.3 Å². The van der Waals surface area contributed by atoms with Gasteiger partial charge in [0.25, 0.3) is 0 Å². The summed E-state index contributed by atoms with van der Waals surface area (Å²) in [6.45, 7) is 0. The van der Waals surface area contributed by atoms with E-state index in [1.165, 1.54) is 24.3 Å². The van der Waals surface area contributed by atoms with E-state index in [0.29, 0.717) is 5.56 Å². The number of esters is 1. The van der Waals surface area contributed by atoms with Crippen LogP contribution in [0.5, 0.6) is 5.75 Å². The van der Waals surface area contributed by atoms with Crippen LogP contribution in [0.25, 0.3) is 0 Å². The number of sulfonamides is 1. The van der Waals surface area contributed by atoms with Crippen molar-refractivity contribution in [1.82, 2.24) is 4.72 Å². The molecule has 0 aliphatic rings. The van der Waals surface area contributed by atoms with Crippen LogP contribution < -0.4 is 8.91 Å². The third kappa shape index (κ3) is 6.87. The highest BCUT2D eigenvalue weighted by Crippen LogP contribution is 2.15. The highest BCUT2D eigenvalue weighted by atomic mass is 32.2. The average molecular weight is 351 g/mol. The van der Waals surface area contributed by atoms with Gasteiger partial charge in [-0.1, -0.05) is 12.1 Å². The number of carbonyl (C=O) groups excluding carboxylic acids is 1. The summed E-state index contributed by atoms with van der Waals surface area (Å²) in [4.78, 5) is 11.6. The molecular formula is C12H17NO7S2. The van der Waals surface area contributed by atoms with Crippen LogP contribution in [0.4, 0.5) is 0 Å². The summed E-state index contributed by atoms with van der Waals surface area (Å²) in [5.41, 5.74) is 0.604. The van der Waals surface area contributed by atoms with Gasteiger partial charge in [-0.25, -0.2) is 13.1 Å². The molecule has 0 aliphatic heterocycles. The molecular weight excluding hydrogens is 334 g/mol. The van der Waals surface area contributed by atoms with E-state index in [1.54, 1.807) is 0 Å². The van der Waals surface area contributed by atoms with E-state index < -0.39 is 32.2 Å². The number of carbonyl (C=O) groups is 1. The fourth-order valence-electron chi connectivity index (χ4n) is 1.67. The van der Waals surface area contributed by atoms with Crippen LogP contribution in [-0.2, 0) is 36.1 Å². The summed E-state index contributed by atoms with van der Waals surface area (Å²) in [6, 6.07) is 4.80. The van der Waals surface area contributed by atoms with Crippen molar-refractivity contribution in [2.24, 2.45) is 0 Å². The fourth-order valence-corrected chi connectivity index (χ4v) is 2.82. The van der Waals surface area contributed by atoms with Crippen molar-refractivity contribution in [2.45, 2.75) is 12.5 Å². The Kier molecular flexibility index (Phi) is 5.92. The van der Waals surface area contributed by atoms with E-state index in [2.05, 4.69) is 13.6 Å². The van der Waals surface area contributed by atoms with E-state index in [4.69, 9.17) is 0 Å². The molecule has 8 nitrogen and oxygen atoms in total. The highest BCUT2D eigenvalue weighted by Gasteiger charge is 2.23. The predicted octanol–water partition coefficient (Wildman–Crippen LogP) is -0.342. The molecule has 0 radical (unpaired) electrons. The summed E-state index contributed by atoms with van der Waals surface area (Å²) >= 11 is 0. The third-order valence-electron chi connectivity index (χ3n) is 2.45. The number of hydrogen-bond acceptors (Lipinski definition) is 7. The van der Waals surface area contributed by atoms with Crippen molar-refractivity contribution in [3.8, 4) is 5.75 Å². The van der Waals surface area contributed by atoms with Gasteiger partial charge in [-0.3, -0.25) is 4.79 Å². The lowest BCUT2D eigenvalue weighted by molar-refractivity contribution is -0.142. The second kappa shape index (κ2) is 7.07. The monoisotopic (exact) mass is 351 g/mol. The van der Waals surface area contributed by atoms with Crippen molar-refractivity contribution in [1.29, 1.82) is 0 Å². The zero-order valence-corrected chi connectivity index (χ0v) is 13.9. The smallest absolute Gasteiger partial charge is 0.324 e. The van der Waals surface area contributed by atoms with Crippen molar-refractivity contribution >= 4 is 26.1 Å².